The van der Waals surface area contributed by atoms with Gasteiger partial charge in [0.05, 0.1) is 19.2 Å². The summed E-state index contributed by atoms with van der Waals surface area (Å²) in [7, 11) is 0. The van der Waals surface area contributed by atoms with Gasteiger partial charge < -0.3 is 20.1 Å². The second-order valence-electron chi connectivity index (χ2n) is 9.02. The Bertz CT molecular complexity index is 873. The minimum Gasteiger partial charge on any atom is -0.472 e. The zero-order valence-electron chi connectivity index (χ0n) is 20.0. The van der Waals surface area contributed by atoms with Crippen molar-refractivity contribution in [3.8, 4) is 0 Å². The van der Waals surface area contributed by atoms with Crippen molar-refractivity contribution in [3.63, 3.8) is 0 Å². The quantitative estimate of drug-likeness (QED) is 0.430. The molecule has 186 valence electrons. The number of Topliss-reactive ketones (excluding diaryl/α,β-unsaturated/α-hetero) is 1. The SMILES string of the molecule is CCCC[C@H](NC(=O)OCC1(COC2=NCCS2)CCC1)C(=O)C(=O)N[C@H](C)c1ccccc1. The molecule has 1 aliphatic carbocycles. The maximum Gasteiger partial charge on any atom is 0.407 e. The third-order valence-corrected chi connectivity index (χ3v) is 7.19. The van der Waals surface area contributed by atoms with E-state index in [-0.39, 0.29) is 18.1 Å². The lowest BCUT2D eigenvalue weighted by molar-refractivity contribution is -0.139. The van der Waals surface area contributed by atoms with Gasteiger partial charge in [0.25, 0.3) is 5.91 Å². The Morgan fingerprint density at radius 1 is 1.15 bits per heavy atom. The van der Waals surface area contributed by atoms with Crippen LogP contribution in [0.2, 0.25) is 0 Å². The van der Waals surface area contributed by atoms with Crippen molar-refractivity contribution >= 4 is 34.8 Å². The summed E-state index contributed by atoms with van der Waals surface area (Å²) >= 11 is 1.60. The minimum absolute atomic E-state index is 0.211. The van der Waals surface area contributed by atoms with Crippen molar-refractivity contribution in [2.45, 2.75) is 64.5 Å². The van der Waals surface area contributed by atoms with Crippen molar-refractivity contribution in [1.82, 2.24) is 10.6 Å². The molecule has 0 aromatic heterocycles. The highest BCUT2D eigenvalue weighted by Gasteiger charge is 2.40. The molecule has 2 N–H and O–H groups in total. The lowest BCUT2D eigenvalue weighted by Gasteiger charge is -2.40. The monoisotopic (exact) mass is 489 g/mol. The number of carbonyl (C=O) groups is 3. The van der Waals surface area contributed by atoms with E-state index in [9.17, 15) is 14.4 Å². The number of nitrogens with one attached hydrogen (secondary N) is 2. The number of nitrogens with zero attached hydrogens (tertiary/aromatic N) is 1. The molecule has 1 fully saturated rings. The molecule has 1 aromatic carbocycles. The van der Waals surface area contributed by atoms with Crippen LogP contribution in [0.5, 0.6) is 0 Å². The summed E-state index contributed by atoms with van der Waals surface area (Å²) in [6, 6.07) is 8.17. The summed E-state index contributed by atoms with van der Waals surface area (Å²) in [5.41, 5.74) is 0.685. The first kappa shape index (κ1) is 26.1. The second kappa shape index (κ2) is 12.8. The van der Waals surface area contributed by atoms with Gasteiger partial charge in [-0.1, -0.05) is 68.3 Å². The molecule has 34 heavy (non-hydrogen) atoms. The van der Waals surface area contributed by atoms with Crippen LogP contribution in [0.1, 0.15) is 64.0 Å². The predicted molar refractivity (Wildman–Crippen MR) is 133 cm³/mol. The average Bonchev–Trinajstić information content (AvgIpc) is 3.34. The number of unbranched alkanes of at least 4 members (excludes halogenated alkanes) is 1. The van der Waals surface area contributed by atoms with E-state index < -0.39 is 23.8 Å². The van der Waals surface area contributed by atoms with E-state index in [1.54, 1.807) is 11.8 Å². The zero-order chi connectivity index (χ0) is 24.4. The van der Waals surface area contributed by atoms with E-state index in [0.29, 0.717) is 24.7 Å². The number of amides is 2. The maximum absolute atomic E-state index is 12.9. The number of alkyl carbamates (subject to hydrolysis) is 1. The highest BCUT2D eigenvalue weighted by Crippen LogP contribution is 2.41. The van der Waals surface area contributed by atoms with Crippen LogP contribution < -0.4 is 10.6 Å². The molecule has 0 saturated heterocycles. The third-order valence-electron chi connectivity index (χ3n) is 6.31. The molecular weight excluding hydrogens is 454 g/mol. The molecule has 8 nitrogen and oxygen atoms in total. The summed E-state index contributed by atoms with van der Waals surface area (Å²) in [5, 5.41) is 6.06. The number of carbonyl (C=O) groups excluding carboxylic acids is 3. The van der Waals surface area contributed by atoms with Gasteiger partial charge in [-0.05, 0) is 31.7 Å². The number of ether oxygens (including phenoxy) is 2. The molecule has 3 rings (SSSR count). The van der Waals surface area contributed by atoms with Crippen molar-refractivity contribution < 1.29 is 23.9 Å². The Hall–Kier alpha value is -2.55. The highest BCUT2D eigenvalue weighted by molar-refractivity contribution is 8.13. The Morgan fingerprint density at radius 2 is 1.91 bits per heavy atom. The molecule has 0 bridgehead atoms. The fourth-order valence-electron chi connectivity index (χ4n) is 3.96. The van der Waals surface area contributed by atoms with Crippen molar-refractivity contribution in [2.24, 2.45) is 10.4 Å². The molecule has 2 aliphatic rings. The highest BCUT2D eigenvalue weighted by atomic mass is 32.2. The smallest absolute Gasteiger partial charge is 0.407 e. The van der Waals surface area contributed by atoms with Crippen molar-refractivity contribution in [3.05, 3.63) is 35.9 Å². The minimum atomic E-state index is -0.923. The molecule has 1 aliphatic heterocycles. The lowest BCUT2D eigenvalue weighted by atomic mass is 9.70. The predicted octanol–water partition coefficient (Wildman–Crippen LogP) is 4.01. The van der Waals surface area contributed by atoms with Gasteiger partial charge in [0.15, 0.2) is 0 Å². The van der Waals surface area contributed by atoms with Gasteiger partial charge in [-0.15, -0.1) is 0 Å². The lowest BCUT2D eigenvalue weighted by Crippen LogP contribution is -2.49. The zero-order valence-corrected chi connectivity index (χ0v) is 20.8. The van der Waals surface area contributed by atoms with E-state index in [0.717, 1.165) is 43.5 Å². The van der Waals surface area contributed by atoms with E-state index in [4.69, 9.17) is 9.47 Å². The van der Waals surface area contributed by atoms with E-state index >= 15 is 0 Å². The van der Waals surface area contributed by atoms with Crippen LogP contribution in [-0.4, -0.2) is 54.6 Å². The number of thioether (sulfide) groups is 1. The second-order valence-corrected chi connectivity index (χ2v) is 10.1. The number of aliphatic imine (C=N–C) groups is 1. The normalized spacial score (nSPS) is 18.1. The van der Waals surface area contributed by atoms with Gasteiger partial charge >= 0.3 is 6.09 Å². The number of ketones is 1. The first-order valence-corrected chi connectivity index (χ1v) is 13.0. The number of rotatable bonds is 12. The van der Waals surface area contributed by atoms with E-state index in [1.807, 2.05) is 44.2 Å². The topological polar surface area (TPSA) is 106 Å². The van der Waals surface area contributed by atoms with Gasteiger partial charge in [0.1, 0.15) is 12.6 Å². The first-order chi connectivity index (χ1) is 16.4. The summed E-state index contributed by atoms with van der Waals surface area (Å²) in [4.78, 5) is 42.3. The summed E-state index contributed by atoms with van der Waals surface area (Å²) in [6.45, 7) is 5.26. The number of hydrogen-bond donors (Lipinski definition) is 2. The van der Waals surface area contributed by atoms with Crippen LogP contribution in [0.3, 0.4) is 0 Å². The molecule has 2 atom stereocenters. The number of hydrogen-bond acceptors (Lipinski definition) is 7. The Kier molecular flexibility index (Phi) is 9.80. The average molecular weight is 490 g/mol. The van der Waals surface area contributed by atoms with Crippen LogP contribution in [0.25, 0.3) is 0 Å². The molecule has 1 saturated carbocycles. The molecule has 9 heteroatoms. The summed E-state index contributed by atoms with van der Waals surface area (Å²) in [5.74, 6) is -0.436. The van der Waals surface area contributed by atoms with Crippen LogP contribution in [-0.2, 0) is 19.1 Å². The van der Waals surface area contributed by atoms with Crippen LogP contribution in [0.15, 0.2) is 35.3 Å². The third kappa shape index (κ3) is 7.48. The molecular formula is C25H35N3O5S. The van der Waals surface area contributed by atoms with Crippen molar-refractivity contribution in [1.29, 1.82) is 0 Å². The molecule has 0 radical (unpaired) electrons. The van der Waals surface area contributed by atoms with Crippen LogP contribution in [0, 0.1) is 5.41 Å². The Balaban J connectivity index is 1.51. The van der Waals surface area contributed by atoms with Crippen molar-refractivity contribution in [2.75, 3.05) is 25.5 Å². The number of benzene rings is 1. The molecule has 0 unspecified atom stereocenters. The van der Waals surface area contributed by atoms with Crippen LogP contribution >= 0.6 is 11.8 Å². The maximum atomic E-state index is 12.9. The van der Waals surface area contributed by atoms with E-state index in [1.165, 1.54) is 0 Å². The van der Waals surface area contributed by atoms with Gasteiger partial charge in [-0.2, -0.15) is 0 Å². The van der Waals surface area contributed by atoms with Gasteiger partial charge in [0, 0.05) is 11.2 Å². The van der Waals surface area contributed by atoms with Gasteiger partial charge in [0.2, 0.25) is 11.0 Å². The fourth-order valence-corrected chi connectivity index (χ4v) is 4.64. The van der Waals surface area contributed by atoms with Crippen LogP contribution in [0.4, 0.5) is 4.79 Å². The summed E-state index contributed by atoms with van der Waals surface area (Å²) < 4.78 is 11.3. The molecule has 1 aromatic rings. The van der Waals surface area contributed by atoms with E-state index in [2.05, 4.69) is 15.6 Å². The van der Waals surface area contributed by atoms with Gasteiger partial charge in [-0.3, -0.25) is 9.59 Å². The van der Waals surface area contributed by atoms with Gasteiger partial charge in [-0.25, -0.2) is 9.79 Å². The summed E-state index contributed by atoms with van der Waals surface area (Å²) in [6.07, 6.45) is 4.12. The molecule has 1 heterocycles. The Morgan fingerprint density at radius 3 is 2.53 bits per heavy atom. The molecule has 2 amide bonds. The molecule has 0 spiro atoms. The fraction of sp³-hybridized carbons (Fsp3) is 0.600. The first-order valence-electron chi connectivity index (χ1n) is 12.1. The Labute approximate surface area is 205 Å². The standard InChI is InChI=1S/C25H35N3O5S/c1-3-4-11-20(21(29)22(30)27-18(2)19-9-6-5-7-10-19)28-23(31)32-16-25(12-8-13-25)17-33-24-26-14-15-34-24/h5-7,9-10,18,20H,3-4,8,11-17H2,1-2H3,(H,27,30)(H,28,31)/t18-,20+/m1/s1. The largest absolute Gasteiger partial charge is 0.472 e.